The third-order valence-electron chi connectivity index (χ3n) is 5.24. The summed E-state index contributed by atoms with van der Waals surface area (Å²) in [5.41, 5.74) is 1.13. The molecule has 3 rings (SSSR count). The van der Waals surface area contributed by atoms with Gasteiger partial charge in [0.2, 0.25) is 5.75 Å². The first kappa shape index (κ1) is 22.5. The molecular weight excluding hydrogens is 428 g/mol. The van der Waals surface area contributed by atoms with Crippen LogP contribution in [0.1, 0.15) is 0 Å². The summed E-state index contributed by atoms with van der Waals surface area (Å²) in [4.78, 5) is 4.55. The second-order valence-corrected chi connectivity index (χ2v) is 9.47. The summed E-state index contributed by atoms with van der Waals surface area (Å²) in [7, 11) is 0.812. The van der Waals surface area contributed by atoms with Crippen LogP contribution in [-0.4, -0.2) is 73.1 Å². The van der Waals surface area contributed by atoms with Crippen molar-refractivity contribution in [1.29, 1.82) is 0 Å². The van der Waals surface area contributed by atoms with Gasteiger partial charge in [0.1, 0.15) is 4.90 Å². The van der Waals surface area contributed by atoms with Crippen LogP contribution < -0.4 is 19.1 Å². The molecule has 9 heteroatoms. The summed E-state index contributed by atoms with van der Waals surface area (Å²) in [5.74, 6) is 0.869. The highest BCUT2D eigenvalue weighted by Gasteiger charge is 2.27. The van der Waals surface area contributed by atoms with Crippen LogP contribution in [0, 0.1) is 0 Å². The van der Waals surface area contributed by atoms with Crippen molar-refractivity contribution in [3.05, 3.63) is 41.4 Å². The predicted octanol–water partition coefficient (Wildman–Crippen LogP) is 2.96. The van der Waals surface area contributed by atoms with Crippen molar-refractivity contribution in [2.75, 3.05) is 64.7 Å². The van der Waals surface area contributed by atoms with Gasteiger partial charge in [-0.1, -0.05) is 11.6 Å². The molecule has 1 aliphatic heterocycles. The minimum Gasteiger partial charge on any atom is -0.493 e. The molecule has 2 aromatic rings. The number of benzene rings is 2. The summed E-state index contributed by atoms with van der Waals surface area (Å²) in [6, 6.07) is 10.9. The number of hydrogen-bond acceptors (Lipinski definition) is 7. The van der Waals surface area contributed by atoms with Crippen molar-refractivity contribution in [3.8, 4) is 17.2 Å². The van der Waals surface area contributed by atoms with Crippen LogP contribution in [0.4, 0.5) is 5.69 Å². The molecule has 0 amide bonds. The van der Waals surface area contributed by atoms with Gasteiger partial charge in [-0.2, -0.15) is 0 Å². The maximum Gasteiger partial charge on any atom is 0.204 e. The number of rotatable bonds is 8. The third-order valence-corrected chi connectivity index (χ3v) is 7.21. The normalized spacial score (nSPS) is 15.1. The zero-order valence-corrected chi connectivity index (χ0v) is 19.0. The van der Waals surface area contributed by atoms with E-state index in [1.165, 1.54) is 27.4 Å². The van der Waals surface area contributed by atoms with E-state index in [4.69, 9.17) is 25.8 Å². The molecule has 1 fully saturated rings. The molecule has 1 heterocycles. The van der Waals surface area contributed by atoms with Crippen molar-refractivity contribution < 1.29 is 22.6 Å². The quantitative estimate of drug-likeness (QED) is 0.607. The topological polar surface area (TPSA) is 68.3 Å². The van der Waals surface area contributed by atoms with E-state index >= 15 is 0 Å². The van der Waals surface area contributed by atoms with Crippen LogP contribution >= 0.6 is 11.6 Å². The number of anilines is 1. The Labute approximate surface area is 183 Å². The van der Waals surface area contributed by atoms with E-state index in [1.54, 1.807) is 6.07 Å². The predicted molar refractivity (Wildman–Crippen MR) is 118 cm³/mol. The fourth-order valence-electron chi connectivity index (χ4n) is 3.56. The zero-order valence-electron chi connectivity index (χ0n) is 17.4. The van der Waals surface area contributed by atoms with Gasteiger partial charge in [0.15, 0.2) is 21.3 Å². The molecule has 0 spiro atoms. The van der Waals surface area contributed by atoms with Gasteiger partial charge in [-0.05, 0) is 36.4 Å². The van der Waals surface area contributed by atoms with E-state index in [0.717, 1.165) is 31.9 Å². The molecule has 1 saturated heterocycles. The Morgan fingerprint density at radius 2 is 1.50 bits per heavy atom. The van der Waals surface area contributed by atoms with E-state index < -0.39 is 9.84 Å². The van der Waals surface area contributed by atoms with Gasteiger partial charge in [-0.15, -0.1) is 0 Å². The number of hydrogen-bond donors (Lipinski definition) is 0. The Hall–Kier alpha value is -2.16. The van der Waals surface area contributed by atoms with Gasteiger partial charge in [-0.25, -0.2) is 8.42 Å². The zero-order chi connectivity index (χ0) is 21.7. The number of halogens is 1. The third kappa shape index (κ3) is 4.94. The van der Waals surface area contributed by atoms with E-state index in [1.807, 2.05) is 24.3 Å². The van der Waals surface area contributed by atoms with Gasteiger partial charge in [0, 0.05) is 43.4 Å². The summed E-state index contributed by atoms with van der Waals surface area (Å²) in [5, 5.41) is 0.716. The number of sulfone groups is 1. The number of nitrogens with zero attached hydrogens (tertiary/aromatic N) is 2. The molecule has 1 aliphatic rings. The van der Waals surface area contributed by atoms with Gasteiger partial charge >= 0.3 is 0 Å². The van der Waals surface area contributed by atoms with Crippen LogP contribution in [0.25, 0.3) is 0 Å². The molecule has 30 heavy (non-hydrogen) atoms. The minimum atomic E-state index is -3.56. The van der Waals surface area contributed by atoms with E-state index in [2.05, 4.69) is 9.80 Å². The smallest absolute Gasteiger partial charge is 0.204 e. The van der Waals surface area contributed by atoms with Crippen LogP contribution in [0.15, 0.2) is 41.3 Å². The fraction of sp³-hybridized carbons (Fsp3) is 0.429. The van der Waals surface area contributed by atoms with Crippen LogP contribution in [0.5, 0.6) is 17.2 Å². The van der Waals surface area contributed by atoms with Gasteiger partial charge < -0.3 is 19.1 Å². The van der Waals surface area contributed by atoms with Crippen molar-refractivity contribution >= 4 is 27.1 Å². The standard InChI is InChI=1S/C21H27ClN2O5S/c1-27-18-8-9-19(21(29-3)20(18)28-2)30(25,26)15-14-23-10-12-24(13-11-23)17-6-4-16(22)5-7-17/h4-9H,10-15H2,1-3H3. The summed E-state index contributed by atoms with van der Waals surface area (Å²) in [6.07, 6.45) is 0. The van der Waals surface area contributed by atoms with Crippen molar-refractivity contribution in [2.45, 2.75) is 4.90 Å². The molecular formula is C21H27ClN2O5S. The molecule has 0 atom stereocenters. The van der Waals surface area contributed by atoms with Crippen molar-refractivity contribution in [3.63, 3.8) is 0 Å². The molecule has 164 valence electrons. The maximum atomic E-state index is 13.0. The lowest BCUT2D eigenvalue weighted by molar-refractivity contribution is 0.272. The number of ether oxygens (including phenoxy) is 3. The Morgan fingerprint density at radius 3 is 2.07 bits per heavy atom. The lowest BCUT2D eigenvalue weighted by Gasteiger charge is -2.36. The van der Waals surface area contributed by atoms with Crippen LogP contribution in [-0.2, 0) is 9.84 Å². The average Bonchev–Trinajstić information content (AvgIpc) is 2.77. The molecule has 0 radical (unpaired) electrons. The highest BCUT2D eigenvalue weighted by atomic mass is 35.5. The molecule has 2 aromatic carbocycles. The maximum absolute atomic E-state index is 13.0. The lowest BCUT2D eigenvalue weighted by Crippen LogP contribution is -2.47. The van der Waals surface area contributed by atoms with Gasteiger partial charge in [0.25, 0.3) is 0 Å². The van der Waals surface area contributed by atoms with Crippen LogP contribution in [0.3, 0.4) is 0 Å². The molecule has 0 N–H and O–H groups in total. The molecule has 0 aliphatic carbocycles. The minimum absolute atomic E-state index is 0.000210. The number of piperazine rings is 1. The Balaban J connectivity index is 1.64. The molecule has 7 nitrogen and oxygen atoms in total. The highest BCUT2D eigenvalue weighted by molar-refractivity contribution is 7.91. The van der Waals surface area contributed by atoms with Crippen molar-refractivity contribution in [2.24, 2.45) is 0 Å². The monoisotopic (exact) mass is 454 g/mol. The van der Waals surface area contributed by atoms with E-state index in [0.29, 0.717) is 17.3 Å². The fourth-order valence-corrected chi connectivity index (χ4v) is 5.14. The highest BCUT2D eigenvalue weighted by Crippen LogP contribution is 2.42. The van der Waals surface area contributed by atoms with Gasteiger partial charge in [0.05, 0.1) is 27.1 Å². The molecule has 0 bridgehead atoms. The molecule has 0 aromatic heterocycles. The summed E-state index contributed by atoms with van der Waals surface area (Å²) >= 11 is 5.96. The second-order valence-electron chi connectivity index (χ2n) is 6.96. The molecule has 0 saturated carbocycles. The van der Waals surface area contributed by atoms with E-state index in [-0.39, 0.29) is 22.1 Å². The van der Waals surface area contributed by atoms with Gasteiger partial charge in [-0.3, -0.25) is 4.90 Å². The number of methoxy groups -OCH3 is 3. The first-order valence-corrected chi connectivity index (χ1v) is 11.7. The summed E-state index contributed by atoms with van der Waals surface area (Å²) < 4.78 is 41.9. The average molecular weight is 455 g/mol. The summed E-state index contributed by atoms with van der Waals surface area (Å²) in [6.45, 7) is 3.71. The lowest BCUT2D eigenvalue weighted by atomic mass is 10.2. The largest absolute Gasteiger partial charge is 0.493 e. The Morgan fingerprint density at radius 1 is 0.867 bits per heavy atom. The van der Waals surface area contributed by atoms with Crippen LogP contribution in [0.2, 0.25) is 5.02 Å². The first-order valence-electron chi connectivity index (χ1n) is 9.64. The van der Waals surface area contributed by atoms with Crippen molar-refractivity contribution in [1.82, 2.24) is 4.90 Å². The SMILES string of the molecule is COc1ccc(S(=O)(=O)CCN2CCN(c3ccc(Cl)cc3)CC2)c(OC)c1OC. The van der Waals surface area contributed by atoms with E-state index in [9.17, 15) is 8.42 Å². The first-order chi connectivity index (χ1) is 14.4. The molecule has 0 unspecified atom stereocenters. The Kier molecular flexibility index (Phi) is 7.33. The Bertz CT molecular complexity index is 958. The second kappa shape index (κ2) is 9.76.